The van der Waals surface area contributed by atoms with Crippen LogP contribution in [-0.2, 0) is 35.5 Å². The number of nitrogens with one attached hydrogen (secondary N) is 1. The first kappa shape index (κ1) is 26.9. The number of amides is 2. The molecule has 14 heteroatoms. The van der Waals surface area contributed by atoms with E-state index in [4.69, 9.17) is 4.74 Å². The Bertz CT molecular complexity index is 1660. The van der Waals surface area contributed by atoms with Gasteiger partial charge < -0.3 is 14.6 Å². The Balaban J connectivity index is 1.47. The largest absolute Gasteiger partial charge is 0.468 e. The number of carbonyl (C=O) groups excluding carboxylic acids is 3. The average Bonchev–Trinajstić information content (AvgIpc) is 3.42. The molecule has 0 radical (unpaired) electrons. The zero-order chi connectivity index (χ0) is 26.6. The van der Waals surface area contributed by atoms with Gasteiger partial charge in [0.2, 0.25) is 5.91 Å². The fourth-order valence-corrected chi connectivity index (χ4v) is 6.63. The normalized spacial score (nSPS) is 12.0. The molecular weight excluding hydrogens is 604 g/mol. The van der Waals surface area contributed by atoms with Gasteiger partial charge in [0.1, 0.15) is 18.1 Å². The van der Waals surface area contributed by atoms with Gasteiger partial charge in [0.15, 0.2) is 19.8 Å². The molecule has 0 spiro atoms. The highest BCUT2D eigenvalue weighted by atomic mass is 79.9. The molecule has 1 N–H and O–H groups in total. The molecule has 0 fully saturated rings. The van der Waals surface area contributed by atoms with Crippen molar-refractivity contribution in [3.8, 4) is 11.3 Å². The van der Waals surface area contributed by atoms with E-state index in [2.05, 4.69) is 31.2 Å². The predicted molar refractivity (Wildman–Crippen MR) is 145 cm³/mol. The van der Waals surface area contributed by atoms with E-state index < -0.39 is 39.1 Å². The summed E-state index contributed by atoms with van der Waals surface area (Å²) in [5, 5.41) is 4.45. The van der Waals surface area contributed by atoms with E-state index in [9.17, 15) is 22.8 Å². The van der Waals surface area contributed by atoms with Crippen LogP contribution in [0.15, 0.2) is 63.4 Å². The summed E-state index contributed by atoms with van der Waals surface area (Å²) in [5.41, 5.74) is 2.14. The molecule has 2 amide bonds. The van der Waals surface area contributed by atoms with E-state index in [1.54, 1.807) is 23.6 Å². The number of nitrogens with zero attached hydrogens (tertiary/aromatic N) is 3. The lowest BCUT2D eigenvalue weighted by Gasteiger charge is -2.04. The third-order valence-corrected chi connectivity index (χ3v) is 8.58. The van der Waals surface area contributed by atoms with Gasteiger partial charge in [-0.05, 0) is 18.2 Å². The number of rotatable bonds is 8. The minimum Gasteiger partial charge on any atom is -0.468 e. The molecule has 0 bridgehead atoms. The molecule has 2 aromatic carbocycles. The Kier molecular flexibility index (Phi) is 8.32. The van der Waals surface area contributed by atoms with Crippen LogP contribution in [0.4, 0.5) is 5.13 Å². The number of fused-ring (bicyclic) bond motifs is 1. The van der Waals surface area contributed by atoms with Gasteiger partial charge >= 0.3 is 5.97 Å². The van der Waals surface area contributed by atoms with Crippen molar-refractivity contribution in [1.29, 1.82) is 0 Å². The summed E-state index contributed by atoms with van der Waals surface area (Å²) in [5.74, 6) is -4.20. The molecule has 37 heavy (non-hydrogen) atoms. The number of thiazole rings is 2. The molecule has 192 valence electrons. The maximum Gasteiger partial charge on any atom is 0.325 e. The monoisotopic (exact) mass is 622 g/mol. The van der Waals surface area contributed by atoms with E-state index in [-0.39, 0.29) is 16.5 Å². The first-order valence-corrected chi connectivity index (χ1v) is 14.9. The Morgan fingerprint density at radius 3 is 2.62 bits per heavy atom. The molecular formula is C23H19BrN4O6S3. The first-order chi connectivity index (χ1) is 17.6. The van der Waals surface area contributed by atoms with Crippen molar-refractivity contribution in [1.82, 2.24) is 9.55 Å². The Hall–Kier alpha value is -3.20. The molecule has 0 saturated carbocycles. The van der Waals surface area contributed by atoms with Crippen LogP contribution in [0.5, 0.6) is 0 Å². The Labute approximate surface area is 227 Å². The van der Waals surface area contributed by atoms with Gasteiger partial charge in [-0.1, -0.05) is 57.6 Å². The van der Waals surface area contributed by atoms with Gasteiger partial charge in [-0.2, -0.15) is 4.99 Å². The predicted octanol–water partition coefficient (Wildman–Crippen LogP) is 3.24. The molecule has 0 aliphatic carbocycles. The van der Waals surface area contributed by atoms with Crippen LogP contribution < -0.4 is 10.1 Å². The molecule has 4 rings (SSSR count). The van der Waals surface area contributed by atoms with E-state index in [0.29, 0.717) is 11.2 Å². The number of halogens is 1. The van der Waals surface area contributed by atoms with Crippen molar-refractivity contribution in [2.24, 2.45) is 4.99 Å². The second kappa shape index (κ2) is 11.5. The number of carbonyl (C=O) groups is 3. The van der Waals surface area contributed by atoms with Gasteiger partial charge in [-0.15, -0.1) is 11.3 Å². The van der Waals surface area contributed by atoms with Gasteiger partial charge in [0.05, 0.1) is 23.0 Å². The quantitative estimate of drug-likeness (QED) is 0.298. The number of benzene rings is 2. The number of ether oxygens (including phenoxy) is 1. The lowest BCUT2D eigenvalue weighted by atomic mass is 10.2. The van der Waals surface area contributed by atoms with Crippen molar-refractivity contribution in [2.75, 3.05) is 23.9 Å². The van der Waals surface area contributed by atoms with E-state index in [1.807, 2.05) is 30.3 Å². The molecule has 0 aliphatic heterocycles. The van der Waals surface area contributed by atoms with Gasteiger partial charge in [0, 0.05) is 15.4 Å². The van der Waals surface area contributed by atoms with E-state index in [0.717, 1.165) is 37.4 Å². The van der Waals surface area contributed by atoms with E-state index in [1.165, 1.54) is 11.7 Å². The van der Waals surface area contributed by atoms with Gasteiger partial charge in [0.25, 0.3) is 5.91 Å². The summed E-state index contributed by atoms with van der Waals surface area (Å²) >= 11 is 5.65. The van der Waals surface area contributed by atoms with Crippen molar-refractivity contribution in [3.63, 3.8) is 0 Å². The molecule has 2 aromatic heterocycles. The SMILES string of the molecule is COC(=O)Cn1c(=NC(=O)CS(=O)(=O)CC(=O)Nc2nc(-c3ccccc3)cs2)sc2cc(Br)ccc21. The second-order valence-corrected chi connectivity index (χ2v) is 12.5. The number of esters is 1. The highest BCUT2D eigenvalue weighted by Gasteiger charge is 2.22. The number of sulfone groups is 1. The van der Waals surface area contributed by atoms with E-state index >= 15 is 0 Å². The molecule has 0 saturated heterocycles. The van der Waals surface area contributed by atoms with Crippen LogP contribution in [0.25, 0.3) is 21.5 Å². The minimum absolute atomic E-state index is 0.138. The van der Waals surface area contributed by atoms with Gasteiger partial charge in [-0.25, -0.2) is 13.4 Å². The van der Waals surface area contributed by atoms with Crippen LogP contribution in [0.2, 0.25) is 0 Å². The standard InChI is InChI=1S/C23H19BrN4O6S3/c1-34-21(31)10-28-17-8-7-15(24)9-18(17)36-23(28)27-20(30)13-37(32,33)12-19(29)26-22-25-16(11-35-22)14-5-3-2-4-6-14/h2-9,11H,10,12-13H2,1H3,(H,25,26,29). The zero-order valence-electron chi connectivity index (χ0n) is 19.2. The van der Waals surface area contributed by atoms with Crippen LogP contribution in [-0.4, -0.2) is 54.4 Å². The van der Waals surface area contributed by atoms with Crippen LogP contribution >= 0.6 is 38.6 Å². The van der Waals surface area contributed by atoms with Crippen molar-refractivity contribution >= 4 is 81.6 Å². The van der Waals surface area contributed by atoms with Gasteiger partial charge in [-0.3, -0.25) is 14.4 Å². The zero-order valence-corrected chi connectivity index (χ0v) is 23.2. The van der Waals surface area contributed by atoms with Crippen LogP contribution in [0, 0.1) is 0 Å². The Morgan fingerprint density at radius 1 is 1.14 bits per heavy atom. The summed E-state index contributed by atoms with van der Waals surface area (Å²) in [7, 11) is -2.89. The topological polar surface area (TPSA) is 137 Å². The lowest BCUT2D eigenvalue weighted by Crippen LogP contribution is -2.28. The molecule has 0 unspecified atom stereocenters. The van der Waals surface area contributed by atoms with Crippen molar-refractivity contribution < 1.29 is 27.5 Å². The maximum atomic E-state index is 12.6. The molecule has 2 heterocycles. The minimum atomic E-state index is -4.13. The lowest BCUT2D eigenvalue weighted by molar-refractivity contribution is -0.141. The molecule has 4 aromatic rings. The molecule has 0 atom stereocenters. The smallest absolute Gasteiger partial charge is 0.325 e. The highest BCUT2D eigenvalue weighted by Crippen LogP contribution is 2.25. The third kappa shape index (κ3) is 6.97. The van der Waals surface area contributed by atoms with Crippen molar-refractivity contribution in [3.05, 3.63) is 63.2 Å². The summed E-state index contributed by atoms with van der Waals surface area (Å²) in [4.78, 5) is 45.2. The van der Waals surface area contributed by atoms with Crippen LogP contribution in [0.3, 0.4) is 0 Å². The maximum absolute atomic E-state index is 12.6. The van der Waals surface area contributed by atoms with Crippen LogP contribution in [0.1, 0.15) is 0 Å². The fourth-order valence-electron chi connectivity index (χ4n) is 3.28. The van der Waals surface area contributed by atoms with Crippen molar-refractivity contribution in [2.45, 2.75) is 6.54 Å². The summed E-state index contributed by atoms with van der Waals surface area (Å²) in [6.45, 7) is -0.210. The number of hydrogen-bond donors (Lipinski definition) is 1. The fraction of sp³-hybridized carbons (Fsp3) is 0.174. The number of hydrogen-bond acceptors (Lipinski definition) is 9. The number of methoxy groups -OCH3 is 1. The average molecular weight is 624 g/mol. The Morgan fingerprint density at radius 2 is 1.89 bits per heavy atom. The second-order valence-electron chi connectivity index (χ2n) is 7.65. The summed E-state index contributed by atoms with van der Waals surface area (Å²) < 4.78 is 32.8. The summed E-state index contributed by atoms with van der Waals surface area (Å²) in [6.07, 6.45) is 0. The first-order valence-electron chi connectivity index (χ1n) is 10.6. The highest BCUT2D eigenvalue weighted by molar-refractivity contribution is 9.10. The molecule has 10 nitrogen and oxygen atoms in total. The number of aromatic nitrogens is 2. The summed E-state index contributed by atoms with van der Waals surface area (Å²) in [6, 6.07) is 14.6. The number of anilines is 1. The molecule has 0 aliphatic rings. The third-order valence-electron chi connectivity index (χ3n) is 4.89.